The van der Waals surface area contributed by atoms with Gasteiger partial charge in [0.25, 0.3) is 0 Å². The van der Waals surface area contributed by atoms with Gasteiger partial charge in [0.1, 0.15) is 29.4 Å². The normalized spacial score (nSPS) is 15.3. The average Bonchev–Trinajstić information content (AvgIpc) is 2.80. The van der Waals surface area contributed by atoms with Gasteiger partial charge in [0.05, 0.1) is 19.1 Å². The molecular weight excluding hydrogens is 396 g/mol. The highest BCUT2D eigenvalue weighted by Gasteiger charge is 2.16. The average molecular weight is 424 g/mol. The Morgan fingerprint density at radius 2 is 1.61 bits per heavy atom. The summed E-state index contributed by atoms with van der Waals surface area (Å²) >= 11 is 0. The molecule has 1 fully saturated rings. The van der Waals surface area contributed by atoms with E-state index < -0.39 is 0 Å². The Labute approximate surface area is 181 Å². The molecule has 0 amide bonds. The summed E-state index contributed by atoms with van der Waals surface area (Å²) in [6, 6.07) is 14.3. The highest BCUT2D eigenvalue weighted by Crippen LogP contribution is 2.26. The first-order chi connectivity index (χ1) is 15.2. The van der Waals surface area contributed by atoms with E-state index in [1.807, 2.05) is 30.3 Å². The summed E-state index contributed by atoms with van der Waals surface area (Å²) in [5, 5.41) is 9.57. The van der Waals surface area contributed by atoms with Crippen molar-refractivity contribution in [3.05, 3.63) is 58.8 Å². The third-order valence-corrected chi connectivity index (χ3v) is 5.63. The Kier molecular flexibility index (Phi) is 6.86. The molecule has 2 aromatic carbocycles. The molecule has 4 rings (SSSR count). The zero-order chi connectivity index (χ0) is 21.6. The predicted octanol–water partition coefficient (Wildman–Crippen LogP) is 2.46. The molecule has 1 aromatic heterocycles. The van der Waals surface area contributed by atoms with Crippen molar-refractivity contribution in [2.45, 2.75) is 0 Å². The lowest BCUT2D eigenvalue weighted by Gasteiger charge is -2.34. The lowest BCUT2D eigenvalue weighted by molar-refractivity contribution is 0.102. The van der Waals surface area contributed by atoms with Gasteiger partial charge in [-0.25, -0.2) is 0 Å². The fourth-order valence-corrected chi connectivity index (χ4v) is 3.79. The molecule has 0 unspecified atom stereocenters. The van der Waals surface area contributed by atoms with E-state index >= 15 is 0 Å². The minimum absolute atomic E-state index is 0.0839. The highest BCUT2D eigenvalue weighted by atomic mass is 16.5. The lowest BCUT2D eigenvalue weighted by atomic mass is 10.1. The second-order valence-electron chi connectivity index (χ2n) is 7.62. The van der Waals surface area contributed by atoms with Crippen molar-refractivity contribution in [2.24, 2.45) is 0 Å². The molecular formula is C24H28N2O5. The van der Waals surface area contributed by atoms with Gasteiger partial charge in [-0.1, -0.05) is 0 Å². The maximum Gasteiger partial charge on any atom is 0.193 e. The van der Waals surface area contributed by atoms with E-state index in [4.69, 9.17) is 19.0 Å². The first-order valence-electron chi connectivity index (χ1n) is 10.6. The van der Waals surface area contributed by atoms with Crippen molar-refractivity contribution >= 4 is 11.0 Å². The first-order valence-corrected chi connectivity index (χ1v) is 10.6. The number of piperazine rings is 1. The van der Waals surface area contributed by atoms with Gasteiger partial charge in [-0.15, -0.1) is 0 Å². The zero-order valence-corrected chi connectivity index (χ0v) is 17.8. The van der Waals surface area contributed by atoms with Crippen LogP contribution in [0.3, 0.4) is 0 Å². The molecule has 31 heavy (non-hydrogen) atoms. The smallest absolute Gasteiger partial charge is 0.193 e. The van der Waals surface area contributed by atoms with Crippen LogP contribution in [0.2, 0.25) is 0 Å². The number of aliphatic hydroxyl groups is 1. The molecule has 0 bridgehead atoms. The number of hydrogen-bond acceptors (Lipinski definition) is 7. The van der Waals surface area contributed by atoms with Crippen LogP contribution in [0.15, 0.2) is 57.7 Å². The summed E-state index contributed by atoms with van der Waals surface area (Å²) in [4.78, 5) is 17.2. The Morgan fingerprint density at radius 1 is 0.935 bits per heavy atom. The fraction of sp³-hybridized carbons (Fsp3) is 0.375. The van der Waals surface area contributed by atoms with Crippen molar-refractivity contribution in [1.82, 2.24) is 9.80 Å². The number of methoxy groups -OCH3 is 1. The molecule has 0 saturated carbocycles. The molecule has 1 saturated heterocycles. The van der Waals surface area contributed by atoms with Crippen LogP contribution < -0.4 is 14.9 Å². The number of hydrogen-bond donors (Lipinski definition) is 1. The Balaban J connectivity index is 1.41. The van der Waals surface area contributed by atoms with Gasteiger partial charge in [0.15, 0.2) is 5.43 Å². The van der Waals surface area contributed by atoms with Gasteiger partial charge < -0.3 is 19.0 Å². The predicted molar refractivity (Wildman–Crippen MR) is 120 cm³/mol. The minimum Gasteiger partial charge on any atom is -0.497 e. The van der Waals surface area contributed by atoms with Gasteiger partial charge in [0.2, 0.25) is 0 Å². The van der Waals surface area contributed by atoms with E-state index in [1.165, 1.54) is 6.07 Å². The summed E-state index contributed by atoms with van der Waals surface area (Å²) in [6.45, 7) is 6.23. The van der Waals surface area contributed by atoms with Crippen LogP contribution in [-0.4, -0.2) is 74.5 Å². The summed E-state index contributed by atoms with van der Waals surface area (Å²) in [5.41, 5.74) is 1.24. The van der Waals surface area contributed by atoms with Crippen LogP contribution in [-0.2, 0) is 0 Å². The molecule has 1 N–H and O–H groups in total. The summed E-state index contributed by atoms with van der Waals surface area (Å²) in [5.74, 6) is 1.94. The molecule has 2 heterocycles. The molecule has 164 valence electrons. The van der Waals surface area contributed by atoms with Gasteiger partial charge in [0, 0.05) is 57.0 Å². The Morgan fingerprint density at radius 3 is 2.29 bits per heavy atom. The van der Waals surface area contributed by atoms with Crippen LogP contribution in [0.25, 0.3) is 22.3 Å². The summed E-state index contributed by atoms with van der Waals surface area (Å²) in [7, 11) is 1.62. The number of aliphatic hydroxyl groups excluding tert-OH is 1. The number of β-amino-alcohol motifs (C(OH)–C–C–N with tert-alkyl or cyclic N) is 1. The van der Waals surface area contributed by atoms with Gasteiger partial charge in [-0.2, -0.15) is 0 Å². The molecule has 7 heteroatoms. The molecule has 1 aliphatic heterocycles. The van der Waals surface area contributed by atoms with Crippen molar-refractivity contribution in [3.8, 4) is 22.8 Å². The maximum atomic E-state index is 12.5. The van der Waals surface area contributed by atoms with Crippen molar-refractivity contribution in [2.75, 3.05) is 59.6 Å². The van der Waals surface area contributed by atoms with E-state index in [-0.39, 0.29) is 12.0 Å². The van der Waals surface area contributed by atoms with Crippen LogP contribution in [0.5, 0.6) is 11.5 Å². The molecule has 0 spiro atoms. The van der Waals surface area contributed by atoms with E-state index in [0.717, 1.165) is 50.6 Å². The second kappa shape index (κ2) is 9.96. The van der Waals surface area contributed by atoms with Crippen LogP contribution in [0, 0.1) is 0 Å². The monoisotopic (exact) mass is 424 g/mol. The fourth-order valence-electron chi connectivity index (χ4n) is 3.79. The summed E-state index contributed by atoms with van der Waals surface area (Å²) in [6.07, 6.45) is 0. The first kappa shape index (κ1) is 21.4. The van der Waals surface area contributed by atoms with E-state index in [0.29, 0.717) is 29.1 Å². The summed E-state index contributed by atoms with van der Waals surface area (Å²) < 4.78 is 17.1. The SMILES string of the molecule is COc1ccc(-c2cc(=O)c3ccc(OCCN4CCN(CCO)CC4)cc3o2)cc1. The number of rotatable bonds is 8. The lowest BCUT2D eigenvalue weighted by Crippen LogP contribution is -2.48. The van der Waals surface area contributed by atoms with Gasteiger partial charge in [-0.3, -0.25) is 14.6 Å². The van der Waals surface area contributed by atoms with E-state index in [1.54, 1.807) is 19.2 Å². The maximum absolute atomic E-state index is 12.5. The van der Waals surface area contributed by atoms with Crippen LogP contribution in [0.4, 0.5) is 0 Å². The van der Waals surface area contributed by atoms with Crippen molar-refractivity contribution in [1.29, 1.82) is 0 Å². The Hall–Kier alpha value is -2.87. The van der Waals surface area contributed by atoms with Gasteiger partial charge in [-0.05, 0) is 36.4 Å². The van der Waals surface area contributed by atoms with Crippen LogP contribution >= 0.6 is 0 Å². The number of nitrogens with zero attached hydrogens (tertiary/aromatic N) is 2. The largest absolute Gasteiger partial charge is 0.497 e. The molecule has 1 aliphatic rings. The Bertz CT molecular complexity index is 1060. The quantitative estimate of drug-likeness (QED) is 0.595. The van der Waals surface area contributed by atoms with E-state index in [2.05, 4.69) is 9.80 Å². The zero-order valence-electron chi connectivity index (χ0n) is 17.8. The highest BCUT2D eigenvalue weighted by molar-refractivity contribution is 5.80. The number of fused-ring (bicyclic) bond motifs is 1. The third kappa shape index (κ3) is 5.25. The van der Waals surface area contributed by atoms with Crippen molar-refractivity contribution < 1.29 is 19.0 Å². The number of ether oxygens (including phenoxy) is 2. The molecule has 7 nitrogen and oxygen atoms in total. The molecule has 3 aromatic rings. The molecule has 0 radical (unpaired) electrons. The van der Waals surface area contributed by atoms with E-state index in [9.17, 15) is 4.79 Å². The molecule has 0 aliphatic carbocycles. The second-order valence-corrected chi connectivity index (χ2v) is 7.62. The topological polar surface area (TPSA) is 75.4 Å². The number of benzene rings is 2. The van der Waals surface area contributed by atoms with Crippen LogP contribution in [0.1, 0.15) is 0 Å². The van der Waals surface area contributed by atoms with Crippen molar-refractivity contribution in [3.63, 3.8) is 0 Å². The standard InChI is InChI=1S/C24H28N2O5/c1-29-19-4-2-18(3-5-19)23-17-22(28)21-7-6-20(16-24(21)31-23)30-15-13-26-10-8-25(9-11-26)12-14-27/h2-7,16-17,27H,8-15H2,1H3. The molecule has 0 atom stereocenters. The minimum atomic E-state index is -0.0839. The van der Waals surface area contributed by atoms with Gasteiger partial charge >= 0.3 is 0 Å². The third-order valence-electron chi connectivity index (χ3n) is 5.63.